The molecular weight excluding hydrogens is 202 g/mol. The van der Waals surface area contributed by atoms with Crippen LogP contribution in [0.1, 0.15) is 35.2 Å². The molecule has 3 nitrogen and oxygen atoms in total. The summed E-state index contributed by atoms with van der Waals surface area (Å²) in [4.78, 5) is 11.8. The summed E-state index contributed by atoms with van der Waals surface area (Å²) in [5, 5.41) is 0. The van der Waals surface area contributed by atoms with Crippen molar-refractivity contribution >= 4 is 11.7 Å². The molecule has 0 heterocycles. The minimum atomic E-state index is -0.289. The standard InChI is InChI=1S/C13H17NO2/c1-9-4-2-7-11(14)12(9)13(15)16-8-10-5-3-6-10/h2,4,7,10H,3,5-6,8,14H2,1H3. The summed E-state index contributed by atoms with van der Waals surface area (Å²) in [5.74, 6) is 0.275. The van der Waals surface area contributed by atoms with Crippen molar-refractivity contribution in [2.75, 3.05) is 12.3 Å². The lowest BCUT2D eigenvalue weighted by Crippen LogP contribution is -2.21. The van der Waals surface area contributed by atoms with Crippen LogP contribution in [0.25, 0.3) is 0 Å². The molecule has 1 aromatic rings. The second-order valence-corrected chi connectivity index (χ2v) is 4.43. The molecule has 1 fully saturated rings. The van der Waals surface area contributed by atoms with Crippen LogP contribution in [0.3, 0.4) is 0 Å². The molecule has 0 radical (unpaired) electrons. The molecule has 2 N–H and O–H groups in total. The predicted octanol–water partition coefficient (Wildman–Crippen LogP) is 2.53. The molecule has 86 valence electrons. The number of nitrogen functional groups attached to an aromatic ring is 1. The molecule has 0 aromatic heterocycles. The Bertz CT molecular complexity index is 377. The molecule has 1 aliphatic rings. The Morgan fingerprint density at radius 1 is 1.50 bits per heavy atom. The largest absolute Gasteiger partial charge is 0.462 e. The van der Waals surface area contributed by atoms with Crippen LogP contribution in [0.5, 0.6) is 0 Å². The van der Waals surface area contributed by atoms with Gasteiger partial charge in [-0.1, -0.05) is 18.6 Å². The highest BCUT2D eigenvalue weighted by Gasteiger charge is 2.21. The first-order chi connectivity index (χ1) is 7.68. The van der Waals surface area contributed by atoms with Gasteiger partial charge in [0.2, 0.25) is 0 Å². The number of hydrogen-bond donors (Lipinski definition) is 1. The maximum atomic E-state index is 11.8. The van der Waals surface area contributed by atoms with Crippen molar-refractivity contribution in [3.05, 3.63) is 29.3 Å². The number of carbonyl (C=O) groups is 1. The minimum absolute atomic E-state index is 0.289. The van der Waals surface area contributed by atoms with E-state index in [1.54, 1.807) is 6.07 Å². The molecule has 1 aromatic carbocycles. The summed E-state index contributed by atoms with van der Waals surface area (Å²) in [5.41, 5.74) is 7.66. The molecule has 16 heavy (non-hydrogen) atoms. The number of aryl methyl sites for hydroxylation is 1. The zero-order chi connectivity index (χ0) is 11.5. The molecule has 1 aliphatic carbocycles. The van der Waals surface area contributed by atoms with Crippen LogP contribution in [0.2, 0.25) is 0 Å². The highest BCUT2D eigenvalue weighted by molar-refractivity contribution is 5.96. The minimum Gasteiger partial charge on any atom is -0.462 e. The number of anilines is 1. The fourth-order valence-corrected chi connectivity index (χ4v) is 1.89. The summed E-state index contributed by atoms with van der Waals surface area (Å²) in [7, 11) is 0. The van der Waals surface area contributed by atoms with E-state index in [0.717, 1.165) is 5.56 Å². The number of esters is 1. The number of benzene rings is 1. The van der Waals surface area contributed by atoms with E-state index < -0.39 is 0 Å². The van der Waals surface area contributed by atoms with Crippen molar-refractivity contribution in [1.29, 1.82) is 0 Å². The van der Waals surface area contributed by atoms with Crippen molar-refractivity contribution in [2.45, 2.75) is 26.2 Å². The Labute approximate surface area is 95.6 Å². The van der Waals surface area contributed by atoms with E-state index in [4.69, 9.17) is 10.5 Å². The highest BCUT2D eigenvalue weighted by atomic mass is 16.5. The summed E-state index contributed by atoms with van der Waals surface area (Å²) in [6.07, 6.45) is 3.61. The molecule has 0 amide bonds. The number of nitrogens with two attached hydrogens (primary N) is 1. The van der Waals surface area contributed by atoms with Gasteiger partial charge in [-0.15, -0.1) is 0 Å². The van der Waals surface area contributed by atoms with Gasteiger partial charge in [-0.3, -0.25) is 0 Å². The van der Waals surface area contributed by atoms with E-state index in [9.17, 15) is 4.79 Å². The number of rotatable bonds is 3. The third kappa shape index (κ3) is 2.18. The fourth-order valence-electron chi connectivity index (χ4n) is 1.89. The van der Waals surface area contributed by atoms with Gasteiger partial charge >= 0.3 is 5.97 Å². The van der Waals surface area contributed by atoms with Crippen LogP contribution in [-0.2, 0) is 4.74 Å². The summed E-state index contributed by atoms with van der Waals surface area (Å²) in [6.45, 7) is 2.41. The molecule has 0 bridgehead atoms. The van der Waals surface area contributed by atoms with Gasteiger partial charge in [0.25, 0.3) is 0 Å². The Morgan fingerprint density at radius 3 is 2.81 bits per heavy atom. The molecule has 0 spiro atoms. The van der Waals surface area contributed by atoms with Gasteiger partial charge in [-0.2, -0.15) is 0 Å². The van der Waals surface area contributed by atoms with Crippen molar-refractivity contribution < 1.29 is 9.53 Å². The van der Waals surface area contributed by atoms with Gasteiger partial charge in [0.15, 0.2) is 0 Å². The highest BCUT2D eigenvalue weighted by Crippen LogP contribution is 2.27. The Hall–Kier alpha value is -1.51. The SMILES string of the molecule is Cc1cccc(N)c1C(=O)OCC1CCC1. The molecule has 2 rings (SSSR count). The topological polar surface area (TPSA) is 52.3 Å². The van der Waals surface area contributed by atoms with Crippen LogP contribution >= 0.6 is 0 Å². The molecule has 0 atom stereocenters. The Balaban J connectivity index is 2.02. The van der Waals surface area contributed by atoms with E-state index >= 15 is 0 Å². The first kappa shape index (κ1) is 11.0. The van der Waals surface area contributed by atoms with Crippen LogP contribution in [-0.4, -0.2) is 12.6 Å². The molecule has 0 unspecified atom stereocenters. The van der Waals surface area contributed by atoms with E-state index in [-0.39, 0.29) is 5.97 Å². The van der Waals surface area contributed by atoms with Gasteiger partial charge in [-0.05, 0) is 37.3 Å². The smallest absolute Gasteiger partial charge is 0.340 e. The monoisotopic (exact) mass is 219 g/mol. The normalized spacial score (nSPS) is 15.6. The maximum Gasteiger partial charge on any atom is 0.340 e. The first-order valence-electron chi connectivity index (χ1n) is 5.70. The van der Waals surface area contributed by atoms with Gasteiger partial charge in [-0.25, -0.2) is 4.79 Å². The predicted molar refractivity (Wildman–Crippen MR) is 63.2 cm³/mol. The summed E-state index contributed by atoms with van der Waals surface area (Å²) >= 11 is 0. The molecule has 0 saturated heterocycles. The number of carbonyl (C=O) groups excluding carboxylic acids is 1. The van der Waals surface area contributed by atoms with E-state index in [2.05, 4.69) is 0 Å². The molecule has 1 saturated carbocycles. The Kier molecular flexibility index (Phi) is 3.13. The zero-order valence-corrected chi connectivity index (χ0v) is 9.53. The third-order valence-corrected chi connectivity index (χ3v) is 3.18. The molecule has 3 heteroatoms. The summed E-state index contributed by atoms with van der Waals surface area (Å²) < 4.78 is 5.27. The van der Waals surface area contributed by atoms with Gasteiger partial charge in [0.1, 0.15) is 0 Å². The van der Waals surface area contributed by atoms with Gasteiger partial charge in [0, 0.05) is 5.69 Å². The molecular formula is C13H17NO2. The third-order valence-electron chi connectivity index (χ3n) is 3.18. The lowest BCUT2D eigenvalue weighted by atomic mass is 9.86. The second-order valence-electron chi connectivity index (χ2n) is 4.43. The van der Waals surface area contributed by atoms with Crippen LogP contribution in [0, 0.1) is 12.8 Å². The fraction of sp³-hybridized carbons (Fsp3) is 0.462. The quantitative estimate of drug-likeness (QED) is 0.627. The number of hydrogen-bond acceptors (Lipinski definition) is 3. The van der Waals surface area contributed by atoms with E-state index in [1.165, 1.54) is 19.3 Å². The van der Waals surface area contributed by atoms with E-state index in [1.807, 2.05) is 19.1 Å². The van der Waals surface area contributed by atoms with Crippen LogP contribution in [0.4, 0.5) is 5.69 Å². The lowest BCUT2D eigenvalue weighted by Gasteiger charge is -2.24. The average molecular weight is 219 g/mol. The first-order valence-corrected chi connectivity index (χ1v) is 5.70. The number of ether oxygens (including phenoxy) is 1. The van der Waals surface area contributed by atoms with Crippen molar-refractivity contribution in [3.8, 4) is 0 Å². The Morgan fingerprint density at radius 2 is 2.25 bits per heavy atom. The second kappa shape index (κ2) is 4.56. The summed E-state index contributed by atoms with van der Waals surface area (Å²) in [6, 6.07) is 5.44. The van der Waals surface area contributed by atoms with Crippen LogP contribution in [0.15, 0.2) is 18.2 Å². The van der Waals surface area contributed by atoms with Crippen molar-refractivity contribution in [3.63, 3.8) is 0 Å². The molecule has 0 aliphatic heterocycles. The van der Waals surface area contributed by atoms with Gasteiger partial charge < -0.3 is 10.5 Å². The maximum absolute atomic E-state index is 11.8. The van der Waals surface area contributed by atoms with Crippen molar-refractivity contribution in [1.82, 2.24) is 0 Å². The van der Waals surface area contributed by atoms with Crippen molar-refractivity contribution in [2.24, 2.45) is 5.92 Å². The lowest BCUT2D eigenvalue weighted by molar-refractivity contribution is 0.0372. The zero-order valence-electron chi connectivity index (χ0n) is 9.53. The average Bonchev–Trinajstić information content (AvgIpc) is 2.15. The van der Waals surface area contributed by atoms with Gasteiger partial charge in [0.05, 0.1) is 12.2 Å². The van der Waals surface area contributed by atoms with Crippen LogP contribution < -0.4 is 5.73 Å². The van der Waals surface area contributed by atoms with E-state index in [0.29, 0.717) is 23.8 Å².